The van der Waals surface area contributed by atoms with Crippen LogP contribution in [0.15, 0.2) is 30.9 Å². The third-order valence-corrected chi connectivity index (χ3v) is 5.39. The molecule has 0 aliphatic carbocycles. The fourth-order valence-corrected chi connectivity index (χ4v) is 3.84. The fraction of sp³-hybridized carbons (Fsp3) is 0.522. The summed E-state index contributed by atoms with van der Waals surface area (Å²) in [5.74, 6) is -3.78. The summed E-state index contributed by atoms with van der Waals surface area (Å²) < 4.78 is 46.0. The molecule has 0 spiro atoms. The van der Waals surface area contributed by atoms with Gasteiger partial charge >= 0.3 is 11.9 Å². The molecule has 0 saturated carbocycles. The van der Waals surface area contributed by atoms with Crippen LogP contribution in [-0.2, 0) is 15.5 Å². The number of benzene rings is 1. The lowest BCUT2D eigenvalue weighted by Crippen LogP contribution is -3.00. The molecule has 2 heterocycles. The molecule has 1 aromatic heterocycles. The van der Waals surface area contributed by atoms with E-state index >= 15 is 0 Å². The number of carbonyl (C=O) groups is 1. The summed E-state index contributed by atoms with van der Waals surface area (Å²) >= 11 is 0. The van der Waals surface area contributed by atoms with Gasteiger partial charge in [-0.25, -0.2) is 14.8 Å². The summed E-state index contributed by atoms with van der Waals surface area (Å²) in [6.07, 6.45) is 0.600. The molecule has 1 saturated heterocycles. The molecule has 1 fully saturated rings. The molecule has 182 valence electrons. The average molecular weight is 486 g/mol. The third-order valence-electron chi connectivity index (χ3n) is 5.39. The molecule has 1 aliphatic rings. The van der Waals surface area contributed by atoms with E-state index < -0.39 is 29.4 Å². The van der Waals surface area contributed by atoms with Crippen molar-refractivity contribution in [1.29, 1.82) is 0 Å². The van der Waals surface area contributed by atoms with Crippen LogP contribution in [0.2, 0.25) is 0 Å². The Bertz CT molecular complexity index is 1010. The Morgan fingerprint density at radius 2 is 1.97 bits per heavy atom. The van der Waals surface area contributed by atoms with Crippen molar-refractivity contribution in [2.24, 2.45) is 5.92 Å². The number of quaternary nitrogens is 1. The number of carbonyl (C=O) groups excluding carboxylic acids is 1. The number of ether oxygens (including phenoxy) is 3. The maximum absolute atomic E-state index is 14.7. The predicted molar refractivity (Wildman–Crippen MR) is 115 cm³/mol. The minimum absolute atomic E-state index is 0. The van der Waals surface area contributed by atoms with Crippen LogP contribution in [0.1, 0.15) is 39.8 Å². The summed E-state index contributed by atoms with van der Waals surface area (Å²) in [5.41, 5.74) is -0.585. The van der Waals surface area contributed by atoms with Gasteiger partial charge in [0.05, 0.1) is 24.1 Å². The van der Waals surface area contributed by atoms with Gasteiger partial charge in [0.1, 0.15) is 17.9 Å². The van der Waals surface area contributed by atoms with E-state index in [9.17, 15) is 13.6 Å². The lowest BCUT2D eigenvalue weighted by Gasteiger charge is -2.24. The van der Waals surface area contributed by atoms with Crippen molar-refractivity contribution >= 4 is 17.0 Å². The topological polar surface area (TPSA) is 87.2 Å². The van der Waals surface area contributed by atoms with E-state index in [2.05, 4.69) is 16.5 Å². The van der Waals surface area contributed by atoms with E-state index in [1.165, 1.54) is 7.11 Å². The van der Waals surface area contributed by atoms with Crippen LogP contribution in [0, 0.1) is 5.92 Å². The average Bonchev–Trinajstić information content (AvgIpc) is 3.14. The first kappa shape index (κ1) is 26.7. The fourth-order valence-electron chi connectivity index (χ4n) is 3.84. The number of aromatic nitrogens is 2. The highest BCUT2D eigenvalue weighted by atomic mass is 35.5. The van der Waals surface area contributed by atoms with Crippen LogP contribution in [0.25, 0.3) is 11.0 Å². The normalized spacial score (nSPS) is 20.8. The smallest absolute Gasteiger partial charge is 0.365 e. The number of alkyl halides is 2. The quantitative estimate of drug-likeness (QED) is 0.438. The number of methoxy groups -OCH3 is 1. The molecule has 0 bridgehead atoms. The maximum atomic E-state index is 14.7. The second-order valence-electron chi connectivity index (χ2n) is 8.82. The van der Waals surface area contributed by atoms with Crippen molar-refractivity contribution in [2.75, 3.05) is 13.7 Å². The van der Waals surface area contributed by atoms with E-state index in [-0.39, 0.29) is 35.7 Å². The number of nitrogens with two attached hydrogens (primary N) is 1. The number of esters is 1. The molecule has 7 nitrogen and oxygen atoms in total. The molecular weight excluding hydrogens is 456 g/mol. The molecule has 10 heteroatoms. The van der Waals surface area contributed by atoms with Crippen LogP contribution in [0.3, 0.4) is 0 Å². The number of hydrogen-bond acceptors (Lipinski definition) is 6. The first-order chi connectivity index (χ1) is 15.0. The van der Waals surface area contributed by atoms with Gasteiger partial charge in [-0.1, -0.05) is 13.5 Å². The Kier molecular flexibility index (Phi) is 8.24. The third kappa shape index (κ3) is 5.89. The Hall–Kier alpha value is -2.52. The molecule has 1 aromatic carbocycles. The van der Waals surface area contributed by atoms with Crippen LogP contribution < -0.4 is 27.2 Å². The number of halogens is 3. The minimum atomic E-state index is -3.44. The van der Waals surface area contributed by atoms with Crippen molar-refractivity contribution in [3.8, 4) is 11.6 Å². The zero-order valence-electron chi connectivity index (χ0n) is 19.4. The van der Waals surface area contributed by atoms with Gasteiger partial charge in [0.15, 0.2) is 17.8 Å². The molecule has 0 radical (unpaired) electrons. The number of allylic oxidation sites excluding steroid dienone is 1. The van der Waals surface area contributed by atoms with Crippen molar-refractivity contribution in [3.05, 3.63) is 36.5 Å². The van der Waals surface area contributed by atoms with Crippen LogP contribution in [0.5, 0.6) is 11.6 Å². The van der Waals surface area contributed by atoms with Crippen LogP contribution >= 0.6 is 0 Å². The zero-order valence-corrected chi connectivity index (χ0v) is 20.2. The van der Waals surface area contributed by atoms with Crippen molar-refractivity contribution in [3.63, 3.8) is 0 Å². The Labute approximate surface area is 198 Å². The number of rotatable bonds is 7. The lowest BCUT2D eigenvalue weighted by molar-refractivity contribution is -0.663. The molecule has 33 heavy (non-hydrogen) atoms. The van der Waals surface area contributed by atoms with Gasteiger partial charge in [-0.15, -0.1) is 0 Å². The minimum Gasteiger partial charge on any atom is -1.00 e. The molecule has 0 amide bonds. The summed E-state index contributed by atoms with van der Waals surface area (Å²) in [5, 5.41) is 1.83. The lowest BCUT2D eigenvalue weighted by atomic mass is 9.95. The predicted octanol–water partition coefficient (Wildman–Crippen LogP) is -0.0189. The van der Waals surface area contributed by atoms with Gasteiger partial charge in [0.25, 0.3) is 0 Å². The largest absolute Gasteiger partial charge is 1.00 e. The second kappa shape index (κ2) is 10.2. The van der Waals surface area contributed by atoms with Crippen molar-refractivity contribution in [1.82, 2.24) is 9.97 Å². The molecule has 3 atom stereocenters. The molecule has 2 N–H and O–H groups in total. The molecule has 3 rings (SSSR count). The molecule has 2 aromatic rings. The summed E-state index contributed by atoms with van der Waals surface area (Å²) in [6.45, 7) is 11.0. The van der Waals surface area contributed by atoms with E-state index in [4.69, 9.17) is 14.2 Å². The number of hydrogen-bond donors (Lipinski definition) is 1. The standard InChI is InChI=1S/C23H29F2N3O4.ClH/c1-7-14-17(12-26-18(14)21(29)32-22(3,4)5)31-20-19(23(24,25)8-2)27-15-10-9-13(30-6)11-16(15)28-20;/h8-11,14,17-18,26H,2,7,12H2,1,3-6H3;1H/t14-,17+,18+;/m1./s1. The second-order valence-corrected chi connectivity index (χ2v) is 8.82. The Morgan fingerprint density at radius 1 is 1.27 bits per heavy atom. The van der Waals surface area contributed by atoms with E-state index in [0.717, 1.165) is 0 Å². The Morgan fingerprint density at radius 3 is 2.55 bits per heavy atom. The van der Waals surface area contributed by atoms with Crippen molar-refractivity contribution in [2.45, 2.75) is 57.8 Å². The Balaban J connectivity index is 0.00000385. The van der Waals surface area contributed by atoms with E-state index in [1.807, 2.05) is 12.2 Å². The summed E-state index contributed by atoms with van der Waals surface area (Å²) in [4.78, 5) is 21.1. The molecule has 0 unspecified atom stereocenters. The highest BCUT2D eigenvalue weighted by Crippen LogP contribution is 2.36. The first-order valence-corrected chi connectivity index (χ1v) is 10.6. The highest BCUT2D eigenvalue weighted by molar-refractivity contribution is 5.77. The van der Waals surface area contributed by atoms with E-state index in [0.29, 0.717) is 30.3 Å². The summed E-state index contributed by atoms with van der Waals surface area (Å²) in [7, 11) is 1.50. The SMILES string of the molecule is C=CC(F)(F)c1nc2ccc(OC)cc2nc1O[C@H]1C[NH2+][C@H](C(=O)OC(C)(C)C)[C@@H]1CC.[Cl-]. The van der Waals surface area contributed by atoms with Gasteiger partial charge in [-0.2, -0.15) is 8.78 Å². The van der Waals surface area contributed by atoms with Gasteiger partial charge in [0, 0.05) is 6.07 Å². The van der Waals surface area contributed by atoms with E-state index in [1.54, 1.807) is 39.0 Å². The highest BCUT2D eigenvalue weighted by Gasteiger charge is 2.47. The van der Waals surface area contributed by atoms with Crippen LogP contribution in [-0.4, -0.2) is 47.3 Å². The molecular formula is C23H30ClF2N3O4. The monoisotopic (exact) mass is 485 g/mol. The number of nitrogens with zero attached hydrogens (tertiary/aromatic N) is 2. The summed E-state index contributed by atoms with van der Waals surface area (Å²) in [6, 6.07) is 4.30. The molecule has 1 aliphatic heterocycles. The zero-order chi connectivity index (χ0) is 23.7. The van der Waals surface area contributed by atoms with Gasteiger partial charge < -0.3 is 31.9 Å². The van der Waals surface area contributed by atoms with Crippen LogP contribution in [0.4, 0.5) is 8.78 Å². The van der Waals surface area contributed by atoms with Gasteiger partial charge in [-0.05, 0) is 45.4 Å². The first-order valence-electron chi connectivity index (χ1n) is 10.6. The van der Waals surface area contributed by atoms with Gasteiger partial charge in [-0.3, -0.25) is 0 Å². The van der Waals surface area contributed by atoms with Crippen molar-refractivity contribution < 1.29 is 45.5 Å². The maximum Gasteiger partial charge on any atom is 0.365 e. The van der Waals surface area contributed by atoms with Gasteiger partial charge in [0.2, 0.25) is 5.88 Å². The number of fused-ring (bicyclic) bond motifs is 1.